The quantitative estimate of drug-likeness (QED) is 0.136. The fourth-order valence-corrected chi connectivity index (χ4v) is 5.65. The van der Waals surface area contributed by atoms with Crippen molar-refractivity contribution in [2.75, 3.05) is 11.9 Å². The SMILES string of the molecule is CCOC(=O)c1c(NC(=O)C(=O)NN=Cc2ccc(OC(=O)c3ccccc3Cl)cc2)sc2c1CCC(C)C2. The van der Waals surface area contributed by atoms with E-state index in [1.807, 2.05) is 0 Å². The van der Waals surface area contributed by atoms with Gasteiger partial charge in [0.1, 0.15) is 10.8 Å². The third-order valence-electron chi connectivity index (χ3n) is 5.99. The van der Waals surface area contributed by atoms with E-state index in [4.69, 9.17) is 21.1 Å². The zero-order chi connectivity index (χ0) is 27.9. The molecule has 1 aliphatic carbocycles. The number of ether oxygens (including phenoxy) is 2. The Kier molecular flexibility index (Phi) is 9.11. The van der Waals surface area contributed by atoms with Gasteiger partial charge in [0, 0.05) is 4.88 Å². The van der Waals surface area contributed by atoms with Crippen LogP contribution in [0.3, 0.4) is 0 Å². The lowest BCUT2D eigenvalue weighted by Gasteiger charge is -2.18. The fourth-order valence-electron chi connectivity index (χ4n) is 4.04. The number of carbonyl (C=O) groups is 4. The number of hydrazone groups is 1. The minimum Gasteiger partial charge on any atom is -0.462 e. The molecule has 2 amide bonds. The summed E-state index contributed by atoms with van der Waals surface area (Å²) in [7, 11) is 0. The molecule has 4 rings (SSSR count). The van der Waals surface area contributed by atoms with Crippen molar-refractivity contribution in [3.8, 4) is 5.75 Å². The van der Waals surface area contributed by atoms with Gasteiger partial charge in [-0.05, 0) is 79.6 Å². The third kappa shape index (κ3) is 6.90. The van der Waals surface area contributed by atoms with E-state index in [0.29, 0.717) is 34.2 Å². The van der Waals surface area contributed by atoms with Crippen LogP contribution < -0.4 is 15.5 Å². The van der Waals surface area contributed by atoms with Crippen LogP contribution in [0.1, 0.15) is 57.0 Å². The highest BCUT2D eigenvalue weighted by atomic mass is 35.5. The third-order valence-corrected chi connectivity index (χ3v) is 7.49. The lowest BCUT2D eigenvalue weighted by molar-refractivity contribution is -0.136. The lowest BCUT2D eigenvalue weighted by atomic mass is 9.88. The molecule has 1 atom stereocenters. The number of nitrogens with zero attached hydrogens (tertiary/aromatic N) is 1. The number of anilines is 1. The van der Waals surface area contributed by atoms with E-state index in [9.17, 15) is 19.2 Å². The summed E-state index contributed by atoms with van der Waals surface area (Å²) in [5.74, 6) is -2.29. The number of fused-ring (bicyclic) bond motifs is 1. The number of amides is 2. The standard InChI is InChI=1S/C28H26ClN3O6S/c1-3-37-28(36)23-20-13-8-16(2)14-22(20)39-26(23)31-24(33)25(34)32-30-15-17-9-11-18(12-10-17)38-27(35)19-6-4-5-7-21(19)29/h4-7,9-12,15-16H,3,8,13-14H2,1-2H3,(H,31,33)(H,32,34). The van der Waals surface area contributed by atoms with Gasteiger partial charge < -0.3 is 14.8 Å². The summed E-state index contributed by atoms with van der Waals surface area (Å²) in [4.78, 5) is 50.8. The maximum Gasteiger partial charge on any atom is 0.345 e. The molecule has 202 valence electrons. The molecule has 0 aliphatic heterocycles. The van der Waals surface area contributed by atoms with Crippen LogP contribution in [0.25, 0.3) is 0 Å². The molecule has 0 saturated carbocycles. The zero-order valence-corrected chi connectivity index (χ0v) is 22.9. The summed E-state index contributed by atoms with van der Waals surface area (Å²) in [6.07, 6.45) is 3.78. The summed E-state index contributed by atoms with van der Waals surface area (Å²) >= 11 is 7.32. The van der Waals surface area contributed by atoms with Gasteiger partial charge in [-0.25, -0.2) is 15.0 Å². The second-order valence-corrected chi connectivity index (χ2v) is 10.4. The van der Waals surface area contributed by atoms with Gasteiger partial charge in [-0.3, -0.25) is 9.59 Å². The molecule has 0 saturated heterocycles. The van der Waals surface area contributed by atoms with E-state index < -0.39 is 23.8 Å². The molecule has 0 bridgehead atoms. The smallest absolute Gasteiger partial charge is 0.345 e. The number of nitrogens with one attached hydrogen (secondary N) is 2. The van der Waals surface area contributed by atoms with Crippen LogP contribution in [-0.2, 0) is 27.2 Å². The Hall–Kier alpha value is -4.02. The van der Waals surface area contributed by atoms with Gasteiger partial charge in [-0.2, -0.15) is 5.10 Å². The number of hydrogen-bond acceptors (Lipinski definition) is 8. The first-order valence-corrected chi connectivity index (χ1v) is 13.5. The Labute approximate surface area is 234 Å². The minimum atomic E-state index is -0.994. The van der Waals surface area contributed by atoms with Crippen LogP contribution in [0.5, 0.6) is 5.75 Å². The van der Waals surface area contributed by atoms with Gasteiger partial charge in [0.25, 0.3) is 0 Å². The van der Waals surface area contributed by atoms with Crippen molar-refractivity contribution in [3.63, 3.8) is 0 Å². The maximum absolute atomic E-state index is 12.6. The van der Waals surface area contributed by atoms with E-state index in [2.05, 4.69) is 22.8 Å². The van der Waals surface area contributed by atoms with Crippen LogP contribution in [-0.4, -0.2) is 36.6 Å². The number of thiophene rings is 1. The second-order valence-electron chi connectivity index (χ2n) is 8.87. The van der Waals surface area contributed by atoms with Gasteiger partial charge in [0.2, 0.25) is 0 Å². The zero-order valence-electron chi connectivity index (χ0n) is 21.3. The summed E-state index contributed by atoms with van der Waals surface area (Å²) in [6.45, 7) is 4.05. The van der Waals surface area contributed by atoms with Gasteiger partial charge in [0.05, 0.1) is 29.0 Å². The first kappa shape index (κ1) is 28.0. The molecule has 1 aliphatic rings. The Morgan fingerprint density at radius 1 is 1.08 bits per heavy atom. The summed E-state index contributed by atoms with van der Waals surface area (Å²) in [5.41, 5.74) is 4.21. The predicted molar refractivity (Wildman–Crippen MR) is 149 cm³/mol. The number of benzene rings is 2. The Bertz CT molecular complexity index is 1430. The molecule has 2 N–H and O–H groups in total. The molecular weight excluding hydrogens is 542 g/mol. The topological polar surface area (TPSA) is 123 Å². The average molecular weight is 568 g/mol. The first-order valence-electron chi connectivity index (χ1n) is 12.3. The largest absolute Gasteiger partial charge is 0.462 e. The Balaban J connectivity index is 1.35. The molecule has 11 heteroatoms. The van der Waals surface area contributed by atoms with Gasteiger partial charge in [0.15, 0.2) is 0 Å². The van der Waals surface area contributed by atoms with Crippen LogP contribution in [0.15, 0.2) is 53.6 Å². The van der Waals surface area contributed by atoms with E-state index in [1.54, 1.807) is 55.5 Å². The number of hydrogen-bond donors (Lipinski definition) is 2. The van der Waals surface area contributed by atoms with Crippen LogP contribution in [0, 0.1) is 5.92 Å². The molecule has 39 heavy (non-hydrogen) atoms. The average Bonchev–Trinajstić information content (AvgIpc) is 3.26. The van der Waals surface area contributed by atoms with Crippen molar-refractivity contribution in [3.05, 3.63) is 80.7 Å². The van der Waals surface area contributed by atoms with Crippen molar-refractivity contribution in [1.82, 2.24) is 5.43 Å². The van der Waals surface area contributed by atoms with Crippen LogP contribution in [0.2, 0.25) is 5.02 Å². The summed E-state index contributed by atoms with van der Waals surface area (Å²) < 4.78 is 10.5. The van der Waals surface area contributed by atoms with E-state index in [1.165, 1.54) is 17.6 Å². The number of rotatable bonds is 7. The number of esters is 2. The van der Waals surface area contributed by atoms with Crippen molar-refractivity contribution in [2.24, 2.45) is 11.0 Å². The lowest BCUT2D eigenvalue weighted by Crippen LogP contribution is -2.32. The summed E-state index contributed by atoms with van der Waals surface area (Å²) in [6, 6.07) is 12.9. The first-order chi connectivity index (χ1) is 18.8. The minimum absolute atomic E-state index is 0.202. The highest BCUT2D eigenvalue weighted by Gasteiger charge is 2.30. The van der Waals surface area contributed by atoms with Crippen LogP contribution >= 0.6 is 22.9 Å². The Morgan fingerprint density at radius 2 is 1.82 bits per heavy atom. The van der Waals surface area contributed by atoms with Gasteiger partial charge >= 0.3 is 23.8 Å². The molecule has 3 aromatic rings. The molecule has 9 nitrogen and oxygen atoms in total. The molecule has 0 radical (unpaired) electrons. The molecule has 1 unspecified atom stereocenters. The summed E-state index contributed by atoms with van der Waals surface area (Å²) in [5, 5.41) is 6.96. The molecule has 0 fully saturated rings. The van der Waals surface area contributed by atoms with Crippen molar-refractivity contribution < 1.29 is 28.7 Å². The normalized spacial score (nSPS) is 14.4. The molecule has 0 spiro atoms. The maximum atomic E-state index is 12.6. The molecule has 2 aromatic carbocycles. The van der Waals surface area contributed by atoms with Crippen LogP contribution in [0.4, 0.5) is 5.00 Å². The van der Waals surface area contributed by atoms with Crippen molar-refractivity contribution in [1.29, 1.82) is 0 Å². The number of halogens is 1. The van der Waals surface area contributed by atoms with Gasteiger partial charge in [-0.15, -0.1) is 11.3 Å². The molecular formula is C28H26ClN3O6S. The van der Waals surface area contributed by atoms with E-state index in [-0.39, 0.29) is 17.2 Å². The highest BCUT2D eigenvalue weighted by Crippen LogP contribution is 2.40. The monoisotopic (exact) mass is 567 g/mol. The van der Waals surface area contributed by atoms with Crippen molar-refractivity contribution >= 4 is 57.9 Å². The number of carbonyl (C=O) groups excluding carboxylic acids is 4. The van der Waals surface area contributed by atoms with Crippen molar-refractivity contribution in [2.45, 2.75) is 33.1 Å². The molecule has 1 heterocycles. The van der Waals surface area contributed by atoms with Gasteiger partial charge in [-0.1, -0.05) is 30.7 Å². The highest BCUT2D eigenvalue weighted by molar-refractivity contribution is 7.17. The predicted octanol–water partition coefficient (Wildman–Crippen LogP) is 5.01. The fraction of sp³-hybridized carbons (Fsp3) is 0.250. The second kappa shape index (κ2) is 12.7. The van der Waals surface area contributed by atoms with E-state index in [0.717, 1.165) is 23.3 Å². The Morgan fingerprint density at radius 3 is 2.54 bits per heavy atom. The molecule has 1 aromatic heterocycles. The van der Waals surface area contributed by atoms with E-state index >= 15 is 0 Å².